The number of rotatable bonds is 2. The predicted octanol–water partition coefficient (Wildman–Crippen LogP) is 3.72. The van der Waals surface area contributed by atoms with Gasteiger partial charge < -0.3 is 5.32 Å². The first-order chi connectivity index (χ1) is 8.78. The quantitative estimate of drug-likeness (QED) is 0.888. The molecular formula is C15H18N2S. The monoisotopic (exact) mass is 258 g/mol. The van der Waals surface area contributed by atoms with Crippen LogP contribution in [0.15, 0.2) is 24.3 Å². The summed E-state index contributed by atoms with van der Waals surface area (Å²) in [5, 5.41) is 4.55. The van der Waals surface area contributed by atoms with E-state index in [1.807, 2.05) is 18.4 Å². The van der Waals surface area contributed by atoms with Crippen molar-refractivity contribution in [3.8, 4) is 10.6 Å². The van der Waals surface area contributed by atoms with Crippen LogP contribution in [-0.4, -0.2) is 12.0 Å². The van der Waals surface area contributed by atoms with E-state index in [0.717, 1.165) is 0 Å². The van der Waals surface area contributed by atoms with Gasteiger partial charge >= 0.3 is 0 Å². The van der Waals surface area contributed by atoms with Crippen LogP contribution in [0.3, 0.4) is 0 Å². The van der Waals surface area contributed by atoms with Gasteiger partial charge in [-0.25, -0.2) is 4.98 Å². The van der Waals surface area contributed by atoms with E-state index in [4.69, 9.17) is 4.98 Å². The van der Waals surface area contributed by atoms with Crippen molar-refractivity contribution in [1.82, 2.24) is 10.3 Å². The van der Waals surface area contributed by atoms with Crippen LogP contribution in [0.5, 0.6) is 0 Å². The number of hydrogen-bond acceptors (Lipinski definition) is 3. The van der Waals surface area contributed by atoms with Crippen LogP contribution in [0.4, 0.5) is 0 Å². The minimum atomic E-state index is 0.448. The van der Waals surface area contributed by atoms with Crippen molar-refractivity contribution in [3.05, 3.63) is 40.4 Å². The number of hydrogen-bond donors (Lipinski definition) is 1. The highest BCUT2D eigenvalue weighted by Crippen LogP contribution is 2.36. The van der Waals surface area contributed by atoms with Crippen molar-refractivity contribution in [3.63, 3.8) is 0 Å². The molecule has 2 nitrogen and oxygen atoms in total. The van der Waals surface area contributed by atoms with Crippen LogP contribution in [0.1, 0.15) is 35.0 Å². The molecule has 0 saturated carbocycles. The maximum atomic E-state index is 4.86. The highest BCUT2D eigenvalue weighted by Gasteiger charge is 2.23. The molecule has 94 valence electrons. The molecule has 1 unspecified atom stereocenters. The minimum absolute atomic E-state index is 0.448. The van der Waals surface area contributed by atoms with Crippen molar-refractivity contribution in [1.29, 1.82) is 0 Å². The topological polar surface area (TPSA) is 24.9 Å². The van der Waals surface area contributed by atoms with E-state index in [-0.39, 0.29) is 0 Å². The van der Waals surface area contributed by atoms with E-state index in [1.54, 1.807) is 0 Å². The van der Waals surface area contributed by atoms with Gasteiger partial charge in [0.15, 0.2) is 0 Å². The Morgan fingerprint density at radius 2 is 2.06 bits per heavy atom. The SMILES string of the molecule is CNC1CCCc2sc(-c3ccc(C)cc3)nc21. The van der Waals surface area contributed by atoms with Gasteiger partial charge in [-0.3, -0.25) is 0 Å². The Kier molecular flexibility index (Phi) is 3.18. The molecule has 1 aliphatic carbocycles. The van der Waals surface area contributed by atoms with Crippen LogP contribution in [-0.2, 0) is 6.42 Å². The summed E-state index contributed by atoms with van der Waals surface area (Å²) < 4.78 is 0. The summed E-state index contributed by atoms with van der Waals surface area (Å²) in [5.41, 5.74) is 3.83. The summed E-state index contributed by atoms with van der Waals surface area (Å²) in [6.45, 7) is 2.12. The first-order valence-electron chi connectivity index (χ1n) is 6.52. The Hall–Kier alpha value is -1.19. The van der Waals surface area contributed by atoms with Crippen molar-refractivity contribution in [2.24, 2.45) is 0 Å². The fraction of sp³-hybridized carbons (Fsp3) is 0.400. The minimum Gasteiger partial charge on any atom is -0.312 e. The van der Waals surface area contributed by atoms with Crippen LogP contribution in [0.2, 0.25) is 0 Å². The smallest absolute Gasteiger partial charge is 0.123 e. The molecule has 1 aromatic carbocycles. The molecule has 0 bridgehead atoms. The van der Waals surface area contributed by atoms with Gasteiger partial charge in [0.2, 0.25) is 0 Å². The maximum Gasteiger partial charge on any atom is 0.123 e. The van der Waals surface area contributed by atoms with Gasteiger partial charge in [-0.15, -0.1) is 11.3 Å². The van der Waals surface area contributed by atoms with Gasteiger partial charge in [0.25, 0.3) is 0 Å². The Balaban J connectivity index is 1.99. The van der Waals surface area contributed by atoms with Crippen molar-refractivity contribution < 1.29 is 0 Å². The average Bonchev–Trinajstić information content (AvgIpc) is 2.83. The zero-order valence-corrected chi connectivity index (χ0v) is 11.7. The van der Waals surface area contributed by atoms with E-state index < -0.39 is 0 Å². The average molecular weight is 258 g/mol. The Morgan fingerprint density at radius 3 is 2.78 bits per heavy atom. The lowest BCUT2D eigenvalue weighted by atomic mass is 9.98. The molecular weight excluding hydrogens is 240 g/mol. The largest absolute Gasteiger partial charge is 0.312 e. The second-order valence-corrected chi connectivity index (χ2v) is 6.01. The molecule has 0 aliphatic heterocycles. The van der Waals surface area contributed by atoms with Crippen LogP contribution < -0.4 is 5.32 Å². The first-order valence-corrected chi connectivity index (χ1v) is 7.33. The molecule has 1 N–H and O–H groups in total. The molecule has 1 aromatic heterocycles. The molecule has 0 amide bonds. The van der Waals surface area contributed by atoms with Gasteiger partial charge in [-0.1, -0.05) is 29.8 Å². The molecule has 0 saturated heterocycles. The number of aromatic nitrogens is 1. The maximum absolute atomic E-state index is 4.86. The van der Waals surface area contributed by atoms with Gasteiger partial charge in [-0.2, -0.15) is 0 Å². The Labute approximate surface area is 112 Å². The normalized spacial score (nSPS) is 18.7. The first kappa shape index (κ1) is 11.9. The number of nitrogens with one attached hydrogen (secondary N) is 1. The van der Waals surface area contributed by atoms with Crippen molar-refractivity contribution >= 4 is 11.3 Å². The van der Waals surface area contributed by atoms with E-state index in [1.165, 1.54) is 46.0 Å². The zero-order valence-electron chi connectivity index (χ0n) is 10.9. The Morgan fingerprint density at radius 1 is 1.28 bits per heavy atom. The number of benzene rings is 1. The van der Waals surface area contributed by atoms with Crippen LogP contribution in [0, 0.1) is 6.92 Å². The number of nitrogens with zero attached hydrogens (tertiary/aromatic N) is 1. The highest BCUT2D eigenvalue weighted by molar-refractivity contribution is 7.15. The summed E-state index contributed by atoms with van der Waals surface area (Å²) in [7, 11) is 2.03. The molecule has 2 aromatic rings. The molecule has 3 heteroatoms. The summed E-state index contributed by atoms with van der Waals surface area (Å²) in [6, 6.07) is 9.11. The fourth-order valence-electron chi connectivity index (χ4n) is 2.52. The van der Waals surface area contributed by atoms with E-state index >= 15 is 0 Å². The third-order valence-electron chi connectivity index (χ3n) is 3.60. The zero-order chi connectivity index (χ0) is 12.5. The van der Waals surface area contributed by atoms with Gasteiger partial charge in [0.05, 0.1) is 11.7 Å². The van der Waals surface area contributed by atoms with Crippen LogP contribution in [0.25, 0.3) is 10.6 Å². The number of fused-ring (bicyclic) bond motifs is 1. The lowest BCUT2D eigenvalue weighted by Crippen LogP contribution is -2.21. The van der Waals surface area contributed by atoms with Crippen molar-refractivity contribution in [2.75, 3.05) is 7.05 Å². The second kappa shape index (κ2) is 4.82. The van der Waals surface area contributed by atoms with E-state index in [2.05, 4.69) is 36.5 Å². The third-order valence-corrected chi connectivity index (χ3v) is 4.78. The summed E-state index contributed by atoms with van der Waals surface area (Å²) >= 11 is 1.86. The third kappa shape index (κ3) is 2.08. The van der Waals surface area contributed by atoms with Crippen molar-refractivity contribution in [2.45, 2.75) is 32.2 Å². The van der Waals surface area contributed by atoms with Gasteiger partial charge in [-0.05, 0) is 33.2 Å². The molecule has 18 heavy (non-hydrogen) atoms. The highest BCUT2D eigenvalue weighted by atomic mass is 32.1. The van der Waals surface area contributed by atoms with Gasteiger partial charge in [0, 0.05) is 10.4 Å². The van der Waals surface area contributed by atoms with Crippen LogP contribution >= 0.6 is 11.3 Å². The molecule has 1 heterocycles. The standard InChI is InChI=1S/C15H18N2S/c1-10-6-8-11(9-7-10)15-17-14-12(16-2)4-3-5-13(14)18-15/h6-9,12,16H,3-5H2,1-2H3. The lowest BCUT2D eigenvalue weighted by Gasteiger charge is -2.19. The number of aryl methyl sites for hydroxylation is 2. The van der Waals surface area contributed by atoms with E-state index in [9.17, 15) is 0 Å². The summed E-state index contributed by atoms with van der Waals surface area (Å²) in [6.07, 6.45) is 3.67. The molecule has 0 fully saturated rings. The fourth-order valence-corrected chi connectivity index (χ4v) is 3.69. The molecule has 0 spiro atoms. The van der Waals surface area contributed by atoms with Gasteiger partial charge in [0.1, 0.15) is 5.01 Å². The summed E-state index contributed by atoms with van der Waals surface area (Å²) in [4.78, 5) is 6.33. The molecule has 0 radical (unpaired) electrons. The van der Waals surface area contributed by atoms with E-state index in [0.29, 0.717) is 6.04 Å². The Bertz CT molecular complexity index is 542. The second-order valence-electron chi connectivity index (χ2n) is 4.93. The predicted molar refractivity (Wildman–Crippen MR) is 77.0 cm³/mol. The molecule has 1 aliphatic rings. The molecule has 3 rings (SSSR count). The lowest BCUT2D eigenvalue weighted by molar-refractivity contribution is 0.490. The molecule has 1 atom stereocenters. The number of thiazole rings is 1. The summed E-state index contributed by atoms with van der Waals surface area (Å²) in [5.74, 6) is 0.